The van der Waals surface area contributed by atoms with Gasteiger partial charge in [-0.05, 0) is 42.8 Å². The maximum absolute atomic E-state index is 11.3. The van der Waals surface area contributed by atoms with Gasteiger partial charge in [0, 0.05) is 6.07 Å². The minimum atomic E-state index is -0.495. The van der Waals surface area contributed by atoms with Crippen LogP contribution in [0.4, 0.5) is 5.69 Å². The standard InChI is InChI=1S/C15H13NO5/c1-10-3-8-14(13(9-10)16(18)19)21-12-6-4-11(5-7-12)15(17)20-2/h3-9H,1-2H3. The van der Waals surface area contributed by atoms with Crippen molar-refractivity contribution in [1.82, 2.24) is 0 Å². The van der Waals surface area contributed by atoms with Crippen molar-refractivity contribution in [2.75, 3.05) is 7.11 Å². The predicted molar refractivity (Wildman–Crippen MR) is 75.7 cm³/mol. The van der Waals surface area contributed by atoms with Crippen LogP contribution in [-0.4, -0.2) is 18.0 Å². The Balaban J connectivity index is 2.26. The zero-order chi connectivity index (χ0) is 15.4. The summed E-state index contributed by atoms with van der Waals surface area (Å²) in [5.41, 5.74) is 1.05. The molecule has 0 aliphatic rings. The van der Waals surface area contributed by atoms with Gasteiger partial charge in [0.05, 0.1) is 17.6 Å². The van der Waals surface area contributed by atoms with E-state index in [1.54, 1.807) is 31.2 Å². The maximum atomic E-state index is 11.3. The number of methoxy groups -OCH3 is 1. The van der Waals surface area contributed by atoms with Crippen LogP contribution in [0.25, 0.3) is 0 Å². The van der Waals surface area contributed by atoms with E-state index in [2.05, 4.69) is 4.74 Å². The lowest BCUT2D eigenvalue weighted by Crippen LogP contribution is -2.00. The molecule has 0 spiro atoms. The molecule has 108 valence electrons. The van der Waals surface area contributed by atoms with E-state index in [-0.39, 0.29) is 11.4 Å². The van der Waals surface area contributed by atoms with Gasteiger partial charge in [-0.1, -0.05) is 6.07 Å². The average molecular weight is 287 g/mol. The Hall–Kier alpha value is -2.89. The van der Waals surface area contributed by atoms with Crippen LogP contribution >= 0.6 is 0 Å². The Morgan fingerprint density at radius 3 is 2.38 bits per heavy atom. The first-order valence-electron chi connectivity index (χ1n) is 6.12. The quantitative estimate of drug-likeness (QED) is 0.488. The topological polar surface area (TPSA) is 78.7 Å². The molecule has 0 fully saturated rings. The molecule has 2 aromatic carbocycles. The van der Waals surface area contributed by atoms with E-state index >= 15 is 0 Å². The first kappa shape index (κ1) is 14.5. The number of nitro groups is 1. The van der Waals surface area contributed by atoms with E-state index < -0.39 is 10.9 Å². The van der Waals surface area contributed by atoms with Crippen molar-refractivity contribution in [2.24, 2.45) is 0 Å². The Morgan fingerprint density at radius 1 is 1.14 bits per heavy atom. The second-order valence-electron chi connectivity index (χ2n) is 4.35. The van der Waals surface area contributed by atoms with Gasteiger partial charge in [-0.3, -0.25) is 10.1 Å². The predicted octanol–water partition coefficient (Wildman–Crippen LogP) is 3.48. The summed E-state index contributed by atoms with van der Waals surface area (Å²) in [4.78, 5) is 21.8. The number of benzene rings is 2. The molecular formula is C15H13NO5. The Bertz CT molecular complexity index is 679. The summed E-state index contributed by atoms with van der Waals surface area (Å²) in [5, 5.41) is 11.0. The van der Waals surface area contributed by atoms with Crippen molar-refractivity contribution < 1.29 is 19.2 Å². The minimum absolute atomic E-state index is 0.105. The van der Waals surface area contributed by atoms with Crippen LogP contribution in [0, 0.1) is 17.0 Å². The Labute approximate surface area is 121 Å². The monoisotopic (exact) mass is 287 g/mol. The molecule has 0 bridgehead atoms. The second-order valence-corrected chi connectivity index (χ2v) is 4.35. The molecule has 6 heteroatoms. The lowest BCUT2D eigenvalue weighted by atomic mass is 10.2. The van der Waals surface area contributed by atoms with Crippen LogP contribution in [0.15, 0.2) is 42.5 Å². The number of nitro benzene ring substituents is 1. The summed E-state index contributed by atoms with van der Waals surface area (Å²) < 4.78 is 10.1. The van der Waals surface area contributed by atoms with E-state index in [1.807, 2.05) is 0 Å². The first-order chi connectivity index (χ1) is 10.0. The molecule has 0 saturated carbocycles. The first-order valence-corrected chi connectivity index (χ1v) is 6.12. The molecule has 0 saturated heterocycles. The number of aryl methyl sites for hydroxylation is 1. The van der Waals surface area contributed by atoms with Gasteiger partial charge in [-0.25, -0.2) is 4.79 Å². The van der Waals surface area contributed by atoms with E-state index in [4.69, 9.17) is 4.74 Å². The number of carbonyl (C=O) groups excluding carboxylic acids is 1. The van der Waals surface area contributed by atoms with Crippen LogP contribution in [0.3, 0.4) is 0 Å². The highest BCUT2D eigenvalue weighted by atomic mass is 16.6. The number of carbonyl (C=O) groups is 1. The number of rotatable bonds is 4. The molecular weight excluding hydrogens is 274 g/mol. The van der Waals surface area contributed by atoms with Crippen LogP contribution < -0.4 is 4.74 Å². The molecule has 0 aliphatic heterocycles. The summed E-state index contributed by atoms with van der Waals surface area (Å²) in [5.74, 6) is 0.0916. The smallest absolute Gasteiger partial charge is 0.337 e. The largest absolute Gasteiger partial charge is 0.465 e. The third-order valence-corrected chi connectivity index (χ3v) is 2.81. The van der Waals surface area contributed by atoms with Crippen molar-refractivity contribution in [2.45, 2.75) is 6.92 Å². The zero-order valence-electron chi connectivity index (χ0n) is 11.5. The van der Waals surface area contributed by atoms with Crippen molar-refractivity contribution in [3.63, 3.8) is 0 Å². The summed E-state index contributed by atoms with van der Waals surface area (Å²) >= 11 is 0. The summed E-state index contributed by atoms with van der Waals surface area (Å²) in [7, 11) is 1.29. The molecule has 0 amide bonds. The van der Waals surface area contributed by atoms with E-state index in [0.717, 1.165) is 5.56 Å². The van der Waals surface area contributed by atoms with Crippen molar-refractivity contribution in [3.05, 3.63) is 63.7 Å². The number of nitrogens with zero attached hydrogens (tertiary/aromatic N) is 1. The van der Waals surface area contributed by atoms with Gasteiger partial charge in [0.15, 0.2) is 0 Å². The molecule has 0 aromatic heterocycles. The molecule has 2 rings (SSSR count). The third-order valence-electron chi connectivity index (χ3n) is 2.81. The van der Waals surface area contributed by atoms with E-state index in [0.29, 0.717) is 11.3 Å². The molecule has 0 atom stereocenters. The molecule has 21 heavy (non-hydrogen) atoms. The van der Waals surface area contributed by atoms with Crippen LogP contribution in [0.5, 0.6) is 11.5 Å². The summed E-state index contributed by atoms with van der Waals surface area (Å²) in [6, 6.07) is 10.9. The van der Waals surface area contributed by atoms with Crippen molar-refractivity contribution in [3.8, 4) is 11.5 Å². The molecule has 0 heterocycles. The van der Waals surface area contributed by atoms with Crippen molar-refractivity contribution >= 4 is 11.7 Å². The lowest BCUT2D eigenvalue weighted by Gasteiger charge is -2.07. The van der Waals surface area contributed by atoms with Crippen LogP contribution in [0.2, 0.25) is 0 Å². The van der Waals surface area contributed by atoms with Gasteiger partial charge in [-0.15, -0.1) is 0 Å². The highest BCUT2D eigenvalue weighted by molar-refractivity contribution is 5.89. The lowest BCUT2D eigenvalue weighted by molar-refractivity contribution is -0.385. The van der Waals surface area contributed by atoms with Gasteiger partial charge in [0.2, 0.25) is 5.75 Å². The van der Waals surface area contributed by atoms with E-state index in [1.165, 1.54) is 25.3 Å². The van der Waals surface area contributed by atoms with Gasteiger partial charge in [0.25, 0.3) is 0 Å². The fourth-order valence-corrected chi connectivity index (χ4v) is 1.76. The number of hydrogen-bond acceptors (Lipinski definition) is 5. The van der Waals surface area contributed by atoms with Crippen molar-refractivity contribution in [1.29, 1.82) is 0 Å². The van der Waals surface area contributed by atoms with Crippen LogP contribution in [0.1, 0.15) is 15.9 Å². The van der Waals surface area contributed by atoms with Gasteiger partial charge in [-0.2, -0.15) is 0 Å². The fraction of sp³-hybridized carbons (Fsp3) is 0.133. The average Bonchev–Trinajstić information content (AvgIpc) is 2.49. The fourth-order valence-electron chi connectivity index (χ4n) is 1.76. The van der Waals surface area contributed by atoms with Gasteiger partial charge in [0.1, 0.15) is 5.75 Å². The molecule has 0 N–H and O–H groups in total. The van der Waals surface area contributed by atoms with Crippen LogP contribution in [-0.2, 0) is 4.74 Å². The Morgan fingerprint density at radius 2 is 1.81 bits per heavy atom. The summed E-state index contributed by atoms with van der Waals surface area (Å²) in [6.07, 6.45) is 0. The SMILES string of the molecule is COC(=O)c1ccc(Oc2ccc(C)cc2[N+](=O)[O-])cc1. The third kappa shape index (κ3) is 3.36. The number of esters is 1. The van der Waals surface area contributed by atoms with E-state index in [9.17, 15) is 14.9 Å². The molecule has 6 nitrogen and oxygen atoms in total. The highest BCUT2D eigenvalue weighted by Gasteiger charge is 2.16. The Kier molecular flexibility index (Phi) is 4.18. The molecule has 2 aromatic rings. The molecule has 0 unspecified atom stereocenters. The highest BCUT2D eigenvalue weighted by Crippen LogP contribution is 2.32. The number of hydrogen-bond donors (Lipinski definition) is 0. The minimum Gasteiger partial charge on any atom is -0.465 e. The summed E-state index contributed by atoms with van der Waals surface area (Å²) in [6.45, 7) is 1.77. The molecule has 0 aliphatic carbocycles. The zero-order valence-corrected chi connectivity index (χ0v) is 11.5. The maximum Gasteiger partial charge on any atom is 0.337 e. The second kappa shape index (κ2) is 6.04. The normalized spacial score (nSPS) is 10.0. The number of ether oxygens (including phenoxy) is 2. The van der Waals surface area contributed by atoms with Gasteiger partial charge < -0.3 is 9.47 Å². The van der Waals surface area contributed by atoms with Gasteiger partial charge >= 0.3 is 11.7 Å². The molecule has 0 radical (unpaired) electrons.